The molecule has 26 heavy (non-hydrogen) atoms. The Balaban J connectivity index is 1.41. The molecule has 0 bridgehead atoms. The van der Waals surface area contributed by atoms with E-state index >= 15 is 0 Å². The van der Waals surface area contributed by atoms with Crippen LogP contribution in [0.25, 0.3) is 0 Å². The van der Waals surface area contributed by atoms with E-state index < -0.39 is 0 Å². The van der Waals surface area contributed by atoms with Crippen LogP contribution in [0.2, 0.25) is 0 Å². The van der Waals surface area contributed by atoms with Crippen LogP contribution in [0.3, 0.4) is 0 Å². The highest BCUT2D eigenvalue weighted by atomic mass is 16.5. The minimum atomic E-state index is 0.122. The van der Waals surface area contributed by atoms with Crippen LogP contribution in [0.15, 0.2) is 24.3 Å². The van der Waals surface area contributed by atoms with Gasteiger partial charge in [0.05, 0.1) is 7.11 Å². The summed E-state index contributed by atoms with van der Waals surface area (Å²) in [6, 6.07) is 7.54. The summed E-state index contributed by atoms with van der Waals surface area (Å²) >= 11 is 0. The Morgan fingerprint density at radius 3 is 2.58 bits per heavy atom. The molecular formula is C21H30N2O3. The summed E-state index contributed by atoms with van der Waals surface area (Å²) < 4.78 is 5.16. The Morgan fingerprint density at radius 2 is 1.88 bits per heavy atom. The van der Waals surface area contributed by atoms with Crippen molar-refractivity contribution in [1.82, 2.24) is 5.32 Å². The van der Waals surface area contributed by atoms with Gasteiger partial charge in [-0.25, -0.2) is 0 Å². The molecule has 5 nitrogen and oxygen atoms in total. The van der Waals surface area contributed by atoms with Crippen LogP contribution in [-0.4, -0.2) is 32.0 Å². The highest BCUT2D eigenvalue weighted by Crippen LogP contribution is 2.28. The first-order chi connectivity index (χ1) is 12.7. The number of rotatable bonds is 7. The van der Waals surface area contributed by atoms with Crippen LogP contribution in [-0.2, 0) is 9.59 Å². The Bertz CT molecular complexity index is 608. The third-order valence-corrected chi connectivity index (χ3v) is 5.68. The molecule has 5 heteroatoms. The summed E-state index contributed by atoms with van der Waals surface area (Å²) in [6.07, 6.45) is 8.66. The van der Waals surface area contributed by atoms with Crippen molar-refractivity contribution in [2.45, 2.75) is 51.4 Å². The lowest BCUT2D eigenvalue weighted by Gasteiger charge is -2.21. The van der Waals surface area contributed by atoms with Crippen molar-refractivity contribution in [3.05, 3.63) is 24.3 Å². The summed E-state index contributed by atoms with van der Waals surface area (Å²) in [4.78, 5) is 26.2. The lowest BCUT2D eigenvalue weighted by atomic mass is 9.86. The molecule has 1 saturated carbocycles. The number of anilines is 1. The predicted molar refractivity (Wildman–Crippen MR) is 102 cm³/mol. The number of carbonyl (C=O) groups excluding carboxylic acids is 2. The second-order valence-corrected chi connectivity index (χ2v) is 7.62. The van der Waals surface area contributed by atoms with Gasteiger partial charge in [0.2, 0.25) is 11.8 Å². The average Bonchev–Trinajstić information content (AvgIpc) is 3.06. The van der Waals surface area contributed by atoms with Gasteiger partial charge in [0, 0.05) is 37.5 Å². The molecule has 1 atom stereocenters. The monoisotopic (exact) mass is 358 g/mol. The number of nitrogens with one attached hydrogen (secondary N) is 1. The third-order valence-electron chi connectivity index (χ3n) is 5.68. The Labute approximate surface area is 156 Å². The molecule has 1 aromatic carbocycles. The van der Waals surface area contributed by atoms with Crippen molar-refractivity contribution in [3.63, 3.8) is 0 Å². The maximum atomic E-state index is 12.3. The summed E-state index contributed by atoms with van der Waals surface area (Å²) in [5.74, 6) is 1.95. The van der Waals surface area contributed by atoms with Crippen molar-refractivity contribution >= 4 is 17.5 Å². The van der Waals surface area contributed by atoms with Gasteiger partial charge in [-0.05, 0) is 36.6 Å². The highest BCUT2D eigenvalue weighted by molar-refractivity contribution is 5.95. The van der Waals surface area contributed by atoms with Crippen LogP contribution >= 0.6 is 0 Å². The molecule has 0 aromatic heterocycles. The quantitative estimate of drug-likeness (QED) is 0.811. The first-order valence-corrected chi connectivity index (χ1v) is 9.87. The van der Waals surface area contributed by atoms with Crippen molar-refractivity contribution in [1.29, 1.82) is 0 Å². The largest absolute Gasteiger partial charge is 0.497 e. The second kappa shape index (κ2) is 9.06. The van der Waals surface area contributed by atoms with E-state index in [2.05, 4.69) is 5.32 Å². The lowest BCUT2D eigenvalue weighted by molar-refractivity contribution is -0.122. The van der Waals surface area contributed by atoms with Gasteiger partial charge < -0.3 is 15.0 Å². The zero-order valence-electron chi connectivity index (χ0n) is 15.7. The highest BCUT2D eigenvalue weighted by Gasteiger charge is 2.30. The van der Waals surface area contributed by atoms with E-state index in [4.69, 9.17) is 4.74 Å². The van der Waals surface area contributed by atoms with E-state index in [-0.39, 0.29) is 17.7 Å². The van der Waals surface area contributed by atoms with E-state index in [1.54, 1.807) is 12.0 Å². The molecular weight excluding hydrogens is 328 g/mol. The Hall–Kier alpha value is -2.04. The van der Waals surface area contributed by atoms with Crippen LogP contribution in [0.4, 0.5) is 5.69 Å². The fraction of sp³-hybridized carbons (Fsp3) is 0.619. The molecule has 2 fully saturated rings. The average molecular weight is 358 g/mol. The zero-order chi connectivity index (χ0) is 18.4. The molecule has 1 aliphatic heterocycles. The van der Waals surface area contributed by atoms with Gasteiger partial charge in [-0.15, -0.1) is 0 Å². The molecule has 2 amide bonds. The van der Waals surface area contributed by atoms with E-state index in [9.17, 15) is 9.59 Å². The first-order valence-electron chi connectivity index (χ1n) is 9.87. The first kappa shape index (κ1) is 18.7. The summed E-state index contributed by atoms with van der Waals surface area (Å²) in [5, 5.41) is 3.04. The minimum absolute atomic E-state index is 0.122. The van der Waals surface area contributed by atoms with Crippen LogP contribution in [0.1, 0.15) is 51.4 Å². The molecule has 0 radical (unpaired) electrons. The number of ether oxygens (including phenoxy) is 1. The van der Waals surface area contributed by atoms with Gasteiger partial charge in [-0.2, -0.15) is 0 Å². The predicted octanol–water partition coefficient (Wildman–Crippen LogP) is 3.52. The van der Waals surface area contributed by atoms with Crippen molar-refractivity contribution in [2.75, 3.05) is 25.1 Å². The van der Waals surface area contributed by atoms with Crippen LogP contribution in [0.5, 0.6) is 5.75 Å². The minimum Gasteiger partial charge on any atom is -0.497 e. The van der Waals surface area contributed by atoms with Crippen molar-refractivity contribution in [3.8, 4) is 5.75 Å². The molecule has 1 N–H and O–H groups in total. The maximum Gasteiger partial charge on any atom is 0.227 e. The van der Waals surface area contributed by atoms with E-state index in [1.165, 1.54) is 32.1 Å². The maximum absolute atomic E-state index is 12.3. The van der Waals surface area contributed by atoms with Gasteiger partial charge in [0.25, 0.3) is 0 Å². The fourth-order valence-electron chi connectivity index (χ4n) is 4.09. The van der Waals surface area contributed by atoms with Crippen LogP contribution in [0, 0.1) is 11.8 Å². The van der Waals surface area contributed by atoms with Gasteiger partial charge >= 0.3 is 0 Å². The smallest absolute Gasteiger partial charge is 0.227 e. The number of benzene rings is 1. The molecule has 142 valence electrons. The number of methoxy groups -OCH3 is 1. The summed E-state index contributed by atoms with van der Waals surface area (Å²) in [5.41, 5.74) is 0.891. The summed E-state index contributed by atoms with van der Waals surface area (Å²) in [7, 11) is 1.63. The number of hydrogen-bond donors (Lipinski definition) is 1. The molecule has 3 rings (SSSR count). The molecule has 0 spiro atoms. The number of nitrogens with zero attached hydrogens (tertiary/aromatic N) is 1. The third kappa shape index (κ3) is 4.99. The van der Waals surface area contributed by atoms with E-state index in [0.717, 1.165) is 23.8 Å². The van der Waals surface area contributed by atoms with Gasteiger partial charge in [0.15, 0.2) is 0 Å². The van der Waals surface area contributed by atoms with E-state index in [0.29, 0.717) is 25.9 Å². The SMILES string of the molecule is COc1ccc(N2CC(CNC(=O)CCC3CCCCC3)CC2=O)cc1. The molecule has 1 saturated heterocycles. The fourth-order valence-corrected chi connectivity index (χ4v) is 4.09. The molecule has 1 aliphatic carbocycles. The molecule has 1 heterocycles. The Morgan fingerprint density at radius 1 is 1.15 bits per heavy atom. The van der Waals surface area contributed by atoms with Gasteiger partial charge in [-0.3, -0.25) is 9.59 Å². The lowest BCUT2D eigenvalue weighted by Crippen LogP contribution is -2.31. The number of hydrogen-bond acceptors (Lipinski definition) is 3. The van der Waals surface area contributed by atoms with Crippen molar-refractivity contribution in [2.24, 2.45) is 11.8 Å². The van der Waals surface area contributed by atoms with Gasteiger partial charge in [0.1, 0.15) is 5.75 Å². The molecule has 1 aromatic rings. The normalized spacial score (nSPS) is 21.0. The summed E-state index contributed by atoms with van der Waals surface area (Å²) in [6.45, 7) is 1.25. The van der Waals surface area contributed by atoms with E-state index in [1.807, 2.05) is 24.3 Å². The molecule has 1 unspecified atom stereocenters. The standard InChI is InChI=1S/C21H30N2O3/c1-26-19-10-8-18(9-11-19)23-15-17(13-21(23)25)14-22-20(24)12-7-16-5-3-2-4-6-16/h8-11,16-17H,2-7,12-15H2,1H3,(H,22,24). The van der Waals surface area contributed by atoms with Crippen LogP contribution < -0.4 is 15.0 Å². The Kier molecular flexibility index (Phi) is 6.53. The number of carbonyl (C=O) groups is 2. The number of amides is 2. The molecule has 2 aliphatic rings. The second-order valence-electron chi connectivity index (χ2n) is 7.62. The van der Waals surface area contributed by atoms with Crippen molar-refractivity contribution < 1.29 is 14.3 Å². The van der Waals surface area contributed by atoms with Gasteiger partial charge in [-0.1, -0.05) is 32.1 Å². The zero-order valence-corrected chi connectivity index (χ0v) is 15.7. The topological polar surface area (TPSA) is 58.6 Å².